The lowest BCUT2D eigenvalue weighted by Gasteiger charge is -2.05. The molecule has 4 N–H and O–H groups in total. The average molecular weight is 287 g/mol. The quantitative estimate of drug-likeness (QED) is 0.437. The van der Waals surface area contributed by atoms with Crippen molar-refractivity contribution in [1.29, 1.82) is 5.41 Å². The summed E-state index contributed by atoms with van der Waals surface area (Å²) < 4.78 is 1.05. The monoisotopic (exact) mass is 287 g/mol. The molecule has 0 aromatic heterocycles. The van der Waals surface area contributed by atoms with Crippen molar-refractivity contribution < 1.29 is 9.90 Å². The summed E-state index contributed by atoms with van der Waals surface area (Å²) in [5.41, 5.74) is 8.36. The number of nitrogens with two attached hydrogens (primary N) is 1. The van der Waals surface area contributed by atoms with Gasteiger partial charge in [0.05, 0.1) is 26.1 Å². The maximum Gasteiger partial charge on any atom is 0.300 e. The predicted molar refractivity (Wildman–Crippen MR) is 79.8 cm³/mol. The number of nitrogens with one attached hydrogen (secondary N) is 1. The third kappa shape index (κ3) is 3.30. The summed E-state index contributed by atoms with van der Waals surface area (Å²) in [6.45, 7) is 1.08. The number of carboxylic acids is 1. The van der Waals surface area contributed by atoms with Gasteiger partial charge in [-0.25, -0.2) is 4.98 Å². The van der Waals surface area contributed by atoms with Crippen molar-refractivity contribution >= 4 is 33.2 Å². The third-order valence-electron chi connectivity index (χ3n) is 2.40. The van der Waals surface area contributed by atoms with Crippen LogP contribution < -0.4 is 11.1 Å². The first-order chi connectivity index (χ1) is 9.45. The molecule has 2 aliphatic rings. The molecule has 1 heterocycles. The number of rotatable bonds is 0. The van der Waals surface area contributed by atoms with Crippen molar-refractivity contribution in [2.45, 2.75) is 6.92 Å². The second kappa shape index (κ2) is 5.66. The van der Waals surface area contributed by atoms with Crippen molar-refractivity contribution in [2.24, 2.45) is 0 Å². The zero-order chi connectivity index (χ0) is 14.7. The maximum atomic E-state index is 9.00. The normalized spacial score (nSPS) is 10.1. The molecule has 20 heavy (non-hydrogen) atoms. The van der Waals surface area contributed by atoms with Gasteiger partial charge in [-0.2, -0.15) is 0 Å². The molecule has 0 spiro atoms. The van der Waals surface area contributed by atoms with Crippen LogP contribution >= 0.6 is 11.3 Å². The Morgan fingerprint density at radius 1 is 1.30 bits per heavy atom. The molecule has 6 heteroatoms. The van der Waals surface area contributed by atoms with E-state index in [0.29, 0.717) is 5.36 Å². The van der Waals surface area contributed by atoms with Gasteiger partial charge < -0.3 is 16.2 Å². The fourth-order valence-corrected chi connectivity index (χ4v) is 2.70. The Hall–Kier alpha value is -2.47. The first-order valence-corrected chi connectivity index (χ1v) is 6.61. The Morgan fingerprint density at radius 3 is 2.70 bits per heavy atom. The van der Waals surface area contributed by atoms with E-state index < -0.39 is 5.97 Å². The molecule has 102 valence electrons. The number of nitrogen functional groups attached to an aromatic ring is 1. The van der Waals surface area contributed by atoms with Crippen LogP contribution in [-0.2, 0) is 4.79 Å². The Labute approximate surface area is 119 Å². The molecular formula is C14H13N3O2S. The highest BCUT2D eigenvalue weighted by Gasteiger charge is 2.06. The highest BCUT2D eigenvalue weighted by atomic mass is 32.1. The van der Waals surface area contributed by atoms with Gasteiger partial charge >= 0.3 is 0 Å². The van der Waals surface area contributed by atoms with Crippen LogP contribution in [0.4, 0.5) is 5.69 Å². The summed E-state index contributed by atoms with van der Waals surface area (Å²) in [4.78, 5) is 14.6. The zero-order valence-corrected chi connectivity index (χ0v) is 11.6. The SMILES string of the molecule is CC(=O)O.N=c1ccc2nc3ccc(N)cc3sc-2c1. The molecule has 3 rings (SSSR count). The standard InChI is InChI=1S/C12H9N3S.C2H4O2/c13-7-1-3-9-11(5-7)16-12-6-8(14)2-4-10(12)15-9;1-2(3)4/h1-6,13H,14H2;1H3,(H,3,4). The molecule has 0 unspecified atom stereocenters. The molecule has 0 fully saturated rings. The van der Waals surface area contributed by atoms with E-state index >= 15 is 0 Å². The van der Waals surface area contributed by atoms with Crippen LogP contribution in [0.15, 0.2) is 36.4 Å². The molecule has 1 aromatic rings. The van der Waals surface area contributed by atoms with E-state index in [0.717, 1.165) is 33.4 Å². The van der Waals surface area contributed by atoms with Crippen LogP contribution in [0.2, 0.25) is 0 Å². The highest BCUT2D eigenvalue weighted by molar-refractivity contribution is 7.21. The molecule has 1 aliphatic carbocycles. The topological polar surface area (TPSA) is 100 Å². The smallest absolute Gasteiger partial charge is 0.300 e. The number of hydrogen-bond donors (Lipinski definition) is 3. The molecule has 0 amide bonds. The van der Waals surface area contributed by atoms with E-state index in [9.17, 15) is 0 Å². The number of anilines is 1. The minimum absolute atomic E-state index is 0.508. The second-order valence-electron chi connectivity index (χ2n) is 4.14. The van der Waals surface area contributed by atoms with Crippen LogP contribution in [0.25, 0.3) is 20.8 Å². The lowest BCUT2D eigenvalue weighted by molar-refractivity contribution is -0.134. The number of aromatic nitrogens is 1. The molecule has 0 radical (unpaired) electrons. The summed E-state index contributed by atoms with van der Waals surface area (Å²) in [7, 11) is 0. The van der Waals surface area contributed by atoms with Crippen molar-refractivity contribution in [3.05, 3.63) is 41.8 Å². The lowest BCUT2D eigenvalue weighted by Crippen LogP contribution is -1.98. The number of fused-ring (bicyclic) bond motifs is 2. The van der Waals surface area contributed by atoms with Crippen molar-refractivity contribution in [3.8, 4) is 10.6 Å². The number of benzene rings is 2. The number of hydrogen-bond acceptors (Lipinski definition) is 5. The molecule has 0 saturated carbocycles. The minimum atomic E-state index is -0.833. The van der Waals surface area contributed by atoms with Crippen LogP contribution in [0.5, 0.6) is 0 Å². The number of aliphatic carboxylic acids is 1. The first-order valence-electron chi connectivity index (χ1n) is 5.80. The largest absolute Gasteiger partial charge is 0.481 e. The molecule has 1 aromatic carbocycles. The molecule has 1 aliphatic heterocycles. The van der Waals surface area contributed by atoms with Gasteiger partial charge in [0.1, 0.15) is 0 Å². The highest BCUT2D eigenvalue weighted by Crippen LogP contribution is 2.30. The Kier molecular flexibility index (Phi) is 3.95. The minimum Gasteiger partial charge on any atom is -0.481 e. The van der Waals surface area contributed by atoms with Crippen molar-refractivity contribution in [3.63, 3.8) is 0 Å². The van der Waals surface area contributed by atoms with E-state index in [4.69, 9.17) is 21.0 Å². The Morgan fingerprint density at radius 2 is 2.00 bits per heavy atom. The van der Waals surface area contributed by atoms with Gasteiger partial charge in [-0.15, -0.1) is 11.3 Å². The number of nitrogens with zero attached hydrogens (tertiary/aromatic N) is 1. The maximum absolute atomic E-state index is 9.00. The van der Waals surface area contributed by atoms with Gasteiger partial charge in [0.25, 0.3) is 5.97 Å². The van der Waals surface area contributed by atoms with Gasteiger partial charge in [0.15, 0.2) is 0 Å². The van der Waals surface area contributed by atoms with Gasteiger partial charge in [-0.3, -0.25) is 4.79 Å². The fraction of sp³-hybridized carbons (Fsp3) is 0.0714. The van der Waals surface area contributed by atoms with Crippen LogP contribution in [0.3, 0.4) is 0 Å². The Bertz CT molecular complexity index is 794. The van der Waals surface area contributed by atoms with E-state index in [1.54, 1.807) is 17.4 Å². The molecule has 5 nitrogen and oxygen atoms in total. The lowest BCUT2D eigenvalue weighted by atomic mass is 10.2. The summed E-state index contributed by atoms with van der Waals surface area (Å²) in [6.07, 6.45) is 0. The summed E-state index contributed by atoms with van der Waals surface area (Å²) in [5.74, 6) is -0.833. The van der Waals surface area contributed by atoms with Crippen molar-refractivity contribution in [2.75, 3.05) is 5.73 Å². The summed E-state index contributed by atoms with van der Waals surface area (Å²) in [5, 5.41) is 15.5. The fourth-order valence-electron chi connectivity index (χ4n) is 1.64. The van der Waals surface area contributed by atoms with Gasteiger partial charge in [-0.05, 0) is 36.4 Å². The van der Waals surface area contributed by atoms with E-state index in [1.807, 2.05) is 30.3 Å². The molecule has 0 saturated heterocycles. The number of carbonyl (C=O) groups is 1. The molecule has 0 atom stereocenters. The van der Waals surface area contributed by atoms with Gasteiger partial charge in [0.2, 0.25) is 0 Å². The summed E-state index contributed by atoms with van der Waals surface area (Å²) in [6, 6.07) is 11.2. The molecule has 0 bridgehead atoms. The van der Waals surface area contributed by atoms with Crippen molar-refractivity contribution in [1.82, 2.24) is 4.98 Å². The van der Waals surface area contributed by atoms with Gasteiger partial charge in [0, 0.05) is 12.6 Å². The number of carboxylic acid groups (broad SMARTS) is 1. The second-order valence-corrected chi connectivity index (χ2v) is 5.23. The van der Waals surface area contributed by atoms with E-state index in [2.05, 4.69) is 4.98 Å². The third-order valence-corrected chi connectivity index (χ3v) is 3.50. The predicted octanol–water partition coefficient (Wildman–Crippen LogP) is 2.55. The first kappa shape index (κ1) is 14.0. The average Bonchev–Trinajstić information content (AvgIpc) is 2.35. The van der Waals surface area contributed by atoms with Gasteiger partial charge in [-0.1, -0.05) is 0 Å². The van der Waals surface area contributed by atoms with E-state index in [-0.39, 0.29) is 0 Å². The summed E-state index contributed by atoms with van der Waals surface area (Å²) >= 11 is 1.62. The Balaban J connectivity index is 0.000000328. The van der Waals surface area contributed by atoms with Crippen LogP contribution in [0, 0.1) is 5.41 Å². The van der Waals surface area contributed by atoms with Crippen LogP contribution in [0.1, 0.15) is 6.92 Å². The molecular weight excluding hydrogens is 274 g/mol. The van der Waals surface area contributed by atoms with Crippen LogP contribution in [-0.4, -0.2) is 16.1 Å². The van der Waals surface area contributed by atoms with E-state index in [1.165, 1.54) is 0 Å². The zero-order valence-electron chi connectivity index (χ0n) is 10.8.